The van der Waals surface area contributed by atoms with Crippen LogP contribution in [0.4, 0.5) is 4.39 Å². The molecule has 4 aromatic rings. The molecule has 0 radical (unpaired) electrons. The topological polar surface area (TPSA) is 60.7 Å². The first kappa shape index (κ1) is 18.3. The molecule has 0 aliphatic carbocycles. The minimum absolute atomic E-state index is 0.198. The number of thioether (sulfide) groups is 1. The number of hydrogen-bond acceptors (Lipinski definition) is 5. The van der Waals surface area contributed by atoms with Crippen LogP contribution in [0.3, 0.4) is 0 Å². The normalized spacial score (nSPS) is 11.0. The van der Waals surface area contributed by atoms with Crippen LogP contribution in [0.2, 0.25) is 0 Å². The van der Waals surface area contributed by atoms with Gasteiger partial charge >= 0.3 is 0 Å². The summed E-state index contributed by atoms with van der Waals surface area (Å²) in [6, 6.07) is 16.3. The fraction of sp³-hybridized carbons (Fsp3) is 0.143. The molecule has 0 aliphatic heterocycles. The largest absolute Gasteiger partial charge is 0.285 e. The van der Waals surface area contributed by atoms with Gasteiger partial charge in [-0.25, -0.2) is 19.3 Å². The SMILES string of the molecule is O=c1c2nccnc2nc(SCc2ccc(F)cc2)n1CCc1ccccc1. The van der Waals surface area contributed by atoms with Gasteiger partial charge in [0, 0.05) is 24.7 Å². The first-order chi connectivity index (χ1) is 13.7. The van der Waals surface area contributed by atoms with Crippen molar-refractivity contribution in [2.24, 2.45) is 0 Å². The summed E-state index contributed by atoms with van der Waals surface area (Å²) in [7, 11) is 0. The highest BCUT2D eigenvalue weighted by Gasteiger charge is 2.13. The minimum Gasteiger partial charge on any atom is -0.285 e. The summed E-state index contributed by atoms with van der Waals surface area (Å²) >= 11 is 1.43. The average Bonchev–Trinajstić information content (AvgIpc) is 2.74. The zero-order chi connectivity index (χ0) is 19.3. The highest BCUT2D eigenvalue weighted by atomic mass is 32.2. The number of halogens is 1. The first-order valence-electron chi connectivity index (χ1n) is 8.83. The predicted molar refractivity (Wildman–Crippen MR) is 108 cm³/mol. The number of hydrogen-bond donors (Lipinski definition) is 0. The van der Waals surface area contributed by atoms with Gasteiger partial charge in [-0.15, -0.1) is 0 Å². The molecule has 2 heterocycles. The van der Waals surface area contributed by atoms with Gasteiger partial charge in [0.2, 0.25) is 0 Å². The summed E-state index contributed by atoms with van der Waals surface area (Å²) in [5.74, 6) is 0.303. The molecule has 0 N–H and O–H groups in total. The Morgan fingerprint density at radius 2 is 1.68 bits per heavy atom. The number of rotatable bonds is 6. The lowest BCUT2D eigenvalue weighted by Gasteiger charge is -2.12. The third-order valence-electron chi connectivity index (χ3n) is 4.31. The second kappa shape index (κ2) is 8.31. The van der Waals surface area contributed by atoms with Crippen LogP contribution in [-0.4, -0.2) is 19.5 Å². The molecule has 7 heteroatoms. The summed E-state index contributed by atoms with van der Waals surface area (Å²) in [4.78, 5) is 25.9. The molecule has 2 aromatic carbocycles. The fourth-order valence-corrected chi connectivity index (χ4v) is 3.82. The van der Waals surface area contributed by atoms with Gasteiger partial charge in [0.05, 0.1) is 0 Å². The monoisotopic (exact) mass is 392 g/mol. The molecular formula is C21H17FN4OS. The summed E-state index contributed by atoms with van der Waals surface area (Å²) < 4.78 is 14.8. The van der Waals surface area contributed by atoms with E-state index in [1.807, 2.05) is 30.3 Å². The maximum atomic E-state index is 13.1. The zero-order valence-corrected chi connectivity index (χ0v) is 15.8. The molecule has 0 atom stereocenters. The Labute approximate surface area is 165 Å². The molecule has 0 bridgehead atoms. The molecule has 140 valence electrons. The lowest BCUT2D eigenvalue weighted by atomic mass is 10.1. The predicted octanol–water partition coefficient (Wildman–Crippen LogP) is 3.86. The third-order valence-corrected chi connectivity index (χ3v) is 5.35. The summed E-state index contributed by atoms with van der Waals surface area (Å²) in [6.45, 7) is 0.494. The molecule has 0 fully saturated rings. The molecule has 4 rings (SSSR count). The Balaban J connectivity index is 1.66. The van der Waals surface area contributed by atoms with E-state index >= 15 is 0 Å². The van der Waals surface area contributed by atoms with Gasteiger partial charge in [0.25, 0.3) is 5.56 Å². The molecule has 0 unspecified atom stereocenters. The van der Waals surface area contributed by atoms with Crippen LogP contribution in [0.5, 0.6) is 0 Å². The Morgan fingerprint density at radius 1 is 0.929 bits per heavy atom. The standard InChI is InChI=1S/C21H17FN4OS/c22-17-8-6-16(7-9-17)14-28-21-25-19-18(23-11-12-24-19)20(27)26(21)13-10-15-4-2-1-3-5-15/h1-9,11-12H,10,13-14H2. The van der Waals surface area contributed by atoms with E-state index in [1.165, 1.54) is 36.3 Å². The molecule has 0 spiro atoms. The minimum atomic E-state index is -0.271. The van der Waals surface area contributed by atoms with Crippen LogP contribution in [0, 0.1) is 5.82 Å². The van der Waals surface area contributed by atoms with Crippen molar-refractivity contribution in [2.45, 2.75) is 23.9 Å². The van der Waals surface area contributed by atoms with Gasteiger partial charge in [0.15, 0.2) is 16.3 Å². The van der Waals surface area contributed by atoms with E-state index in [0.29, 0.717) is 29.5 Å². The van der Waals surface area contributed by atoms with Crippen molar-refractivity contribution in [3.63, 3.8) is 0 Å². The number of aryl methyl sites for hydroxylation is 1. The summed E-state index contributed by atoms with van der Waals surface area (Å²) in [6.07, 6.45) is 3.73. The smallest absolute Gasteiger partial charge is 0.282 e. The second-order valence-electron chi connectivity index (χ2n) is 6.23. The van der Waals surface area contributed by atoms with Crippen molar-refractivity contribution >= 4 is 22.9 Å². The molecule has 0 aliphatic rings. The van der Waals surface area contributed by atoms with Gasteiger partial charge in [-0.2, -0.15) is 0 Å². The van der Waals surface area contributed by atoms with E-state index in [1.54, 1.807) is 16.7 Å². The van der Waals surface area contributed by atoms with E-state index in [0.717, 1.165) is 11.1 Å². The highest BCUT2D eigenvalue weighted by molar-refractivity contribution is 7.98. The van der Waals surface area contributed by atoms with Crippen LogP contribution in [0.25, 0.3) is 11.2 Å². The van der Waals surface area contributed by atoms with Crippen molar-refractivity contribution in [3.05, 3.63) is 94.3 Å². The van der Waals surface area contributed by atoms with Crippen LogP contribution in [0.15, 0.2) is 76.9 Å². The number of aromatic nitrogens is 4. The van der Waals surface area contributed by atoms with Crippen molar-refractivity contribution < 1.29 is 4.39 Å². The second-order valence-corrected chi connectivity index (χ2v) is 7.17. The number of nitrogens with zero attached hydrogens (tertiary/aromatic N) is 4. The highest BCUT2D eigenvalue weighted by Crippen LogP contribution is 2.22. The van der Waals surface area contributed by atoms with Crippen molar-refractivity contribution in [3.8, 4) is 0 Å². The van der Waals surface area contributed by atoms with Crippen molar-refractivity contribution in [2.75, 3.05) is 0 Å². The fourth-order valence-electron chi connectivity index (χ4n) is 2.85. The first-order valence-corrected chi connectivity index (χ1v) is 9.82. The third kappa shape index (κ3) is 4.09. The Bertz CT molecular complexity index is 1150. The average molecular weight is 392 g/mol. The number of fused-ring (bicyclic) bond motifs is 1. The molecule has 0 saturated heterocycles. The van der Waals surface area contributed by atoms with Gasteiger partial charge in [0.1, 0.15) is 5.82 Å². The molecule has 0 saturated carbocycles. The van der Waals surface area contributed by atoms with Gasteiger partial charge in [-0.05, 0) is 29.7 Å². The van der Waals surface area contributed by atoms with E-state index in [-0.39, 0.29) is 16.9 Å². The van der Waals surface area contributed by atoms with Crippen molar-refractivity contribution in [1.82, 2.24) is 19.5 Å². The van der Waals surface area contributed by atoms with E-state index in [4.69, 9.17) is 0 Å². The maximum Gasteiger partial charge on any atom is 0.282 e. The quantitative estimate of drug-likeness (QED) is 0.368. The Kier molecular flexibility index (Phi) is 5.43. The van der Waals surface area contributed by atoms with Gasteiger partial charge < -0.3 is 0 Å². The molecule has 0 amide bonds. The number of benzene rings is 2. The Morgan fingerprint density at radius 3 is 2.46 bits per heavy atom. The van der Waals surface area contributed by atoms with Crippen LogP contribution in [0.1, 0.15) is 11.1 Å². The summed E-state index contributed by atoms with van der Waals surface area (Å²) in [5.41, 5.74) is 2.50. The van der Waals surface area contributed by atoms with E-state index in [9.17, 15) is 9.18 Å². The van der Waals surface area contributed by atoms with E-state index in [2.05, 4.69) is 15.0 Å². The molecule has 5 nitrogen and oxygen atoms in total. The lowest BCUT2D eigenvalue weighted by molar-refractivity contribution is 0.593. The molecule has 2 aromatic heterocycles. The van der Waals surface area contributed by atoms with Crippen LogP contribution < -0.4 is 5.56 Å². The Hall–Kier alpha value is -3.06. The van der Waals surface area contributed by atoms with Crippen LogP contribution in [-0.2, 0) is 18.7 Å². The lowest BCUT2D eigenvalue weighted by Crippen LogP contribution is -2.25. The van der Waals surface area contributed by atoms with E-state index < -0.39 is 0 Å². The molecular weight excluding hydrogens is 375 g/mol. The van der Waals surface area contributed by atoms with Gasteiger partial charge in [-0.3, -0.25) is 9.36 Å². The zero-order valence-electron chi connectivity index (χ0n) is 15.0. The summed E-state index contributed by atoms with van der Waals surface area (Å²) in [5, 5.41) is 0.582. The van der Waals surface area contributed by atoms with Crippen LogP contribution >= 0.6 is 11.8 Å². The molecule has 28 heavy (non-hydrogen) atoms. The maximum absolute atomic E-state index is 13.1. The van der Waals surface area contributed by atoms with Gasteiger partial charge in [-0.1, -0.05) is 54.2 Å². The van der Waals surface area contributed by atoms with Crippen molar-refractivity contribution in [1.29, 1.82) is 0 Å².